The molecule has 3 nitrogen and oxygen atoms in total. The van der Waals surface area contributed by atoms with Crippen molar-refractivity contribution in [2.45, 2.75) is 19.8 Å². The molecular formula is C13H14INO2. The Kier molecular flexibility index (Phi) is 3.81. The van der Waals surface area contributed by atoms with Gasteiger partial charge in [-0.25, -0.2) is 0 Å². The third kappa shape index (κ3) is 2.68. The maximum atomic E-state index is 12.2. The molecule has 0 saturated carbocycles. The van der Waals surface area contributed by atoms with E-state index in [0.29, 0.717) is 24.4 Å². The van der Waals surface area contributed by atoms with E-state index in [-0.39, 0.29) is 11.8 Å². The zero-order valence-electron chi connectivity index (χ0n) is 9.65. The number of hydrogen-bond donors (Lipinski definition) is 0. The highest BCUT2D eigenvalue weighted by atomic mass is 127. The first kappa shape index (κ1) is 12.5. The van der Waals surface area contributed by atoms with Crippen LogP contribution in [0.5, 0.6) is 0 Å². The van der Waals surface area contributed by atoms with Crippen LogP contribution in [-0.4, -0.2) is 23.3 Å². The van der Waals surface area contributed by atoms with E-state index in [4.69, 9.17) is 0 Å². The lowest BCUT2D eigenvalue weighted by molar-refractivity contribution is -0.125. The minimum Gasteiger partial charge on any atom is -0.278 e. The molecule has 0 bridgehead atoms. The van der Waals surface area contributed by atoms with Crippen molar-refractivity contribution in [1.82, 2.24) is 4.90 Å². The third-order valence-electron chi connectivity index (χ3n) is 3.10. The van der Waals surface area contributed by atoms with Gasteiger partial charge < -0.3 is 0 Å². The summed E-state index contributed by atoms with van der Waals surface area (Å²) in [6.45, 7) is 2.62. The van der Waals surface area contributed by atoms with Gasteiger partial charge in [-0.1, -0.05) is 19.4 Å². The molecule has 0 aromatic heterocycles. The van der Waals surface area contributed by atoms with Gasteiger partial charge in [-0.2, -0.15) is 0 Å². The Labute approximate surface area is 114 Å². The molecule has 17 heavy (non-hydrogen) atoms. The van der Waals surface area contributed by atoms with Gasteiger partial charge in [-0.05, 0) is 46.7 Å². The SMILES string of the molecule is CCC1CC(=O)N(C(=O)c2cccc(I)c2)C1. The number of carbonyl (C=O) groups is 2. The first-order valence-electron chi connectivity index (χ1n) is 5.72. The van der Waals surface area contributed by atoms with Crippen LogP contribution in [0.2, 0.25) is 0 Å². The number of nitrogens with zero attached hydrogens (tertiary/aromatic N) is 1. The summed E-state index contributed by atoms with van der Waals surface area (Å²) in [6, 6.07) is 7.34. The Morgan fingerprint density at radius 1 is 1.53 bits per heavy atom. The summed E-state index contributed by atoms with van der Waals surface area (Å²) in [4.78, 5) is 25.3. The summed E-state index contributed by atoms with van der Waals surface area (Å²) in [6.07, 6.45) is 1.45. The second kappa shape index (κ2) is 5.16. The molecule has 1 aromatic rings. The van der Waals surface area contributed by atoms with Gasteiger partial charge in [0.15, 0.2) is 0 Å². The lowest BCUT2D eigenvalue weighted by atomic mass is 10.1. The maximum absolute atomic E-state index is 12.2. The molecule has 0 radical (unpaired) electrons. The van der Waals surface area contributed by atoms with Crippen LogP contribution < -0.4 is 0 Å². The van der Waals surface area contributed by atoms with Crippen molar-refractivity contribution in [3.63, 3.8) is 0 Å². The van der Waals surface area contributed by atoms with Gasteiger partial charge in [0, 0.05) is 22.1 Å². The largest absolute Gasteiger partial charge is 0.278 e. The zero-order chi connectivity index (χ0) is 12.4. The molecule has 2 rings (SSSR count). The van der Waals surface area contributed by atoms with E-state index in [0.717, 1.165) is 9.99 Å². The Bertz CT molecular complexity index is 458. The van der Waals surface area contributed by atoms with Crippen LogP contribution in [0.15, 0.2) is 24.3 Å². The molecule has 0 spiro atoms. The van der Waals surface area contributed by atoms with E-state index < -0.39 is 0 Å². The number of imide groups is 1. The van der Waals surface area contributed by atoms with Crippen molar-refractivity contribution in [1.29, 1.82) is 0 Å². The van der Waals surface area contributed by atoms with Gasteiger partial charge in [0.2, 0.25) is 5.91 Å². The molecule has 2 amide bonds. The number of benzene rings is 1. The number of halogens is 1. The fraction of sp³-hybridized carbons (Fsp3) is 0.385. The van der Waals surface area contributed by atoms with E-state index in [2.05, 4.69) is 29.5 Å². The van der Waals surface area contributed by atoms with E-state index in [9.17, 15) is 9.59 Å². The second-order valence-electron chi connectivity index (χ2n) is 4.30. The minimum atomic E-state index is -0.163. The summed E-state index contributed by atoms with van der Waals surface area (Å²) < 4.78 is 1.01. The summed E-state index contributed by atoms with van der Waals surface area (Å²) in [7, 11) is 0. The number of amides is 2. The highest BCUT2D eigenvalue weighted by molar-refractivity contribution is 14.1. The molecule has 1 saturated heterocycles. The molecule has 1 aliphatic heterocycles. The molecule has 1 heterocycles. The molecule has 1 atom stereocenters. The Morgan fingerprint density at radius 2 is 2.29 bits per heavy atom. The third-order valence-corrected chi connectivity index (χ3v) is 3.77. The summed E-state index contributed by atoms with van der Waals surface area (Å²) >= 11 is 2.16. The molecule has 1 aromatic carbocycles. The predicted molar refractivity (Wildman–Crippen MR) is 73.6 cm³/mol. The number of hydrogen-bond acceptors (Lipinski definition) is 2. The van der Waals surface area contributed by atoms with Gasteiger partial charge in [0.05, 0.1) is 0 Å². The fourth-order valence-electron chi connectivity index (χ4n) is 2.03. The molecule has 0 aliphatic carbocycles. The highest BCUT2D eigenvalue weighted by Crippen LogP contribution is 2.22. The van der Waals surface area contributed by atoms with Crippen LogP contribution in [0.25, 0.3) is 0 Å². The fourth-order valence-corrected chi connectivity index (χ4v) is 2.57. The van der Waals surface area contributed by atoms with Crippen molar-refractivity contribution >= 4 is 34.4 Å². The smallest absolute Gasteiger partial charge is 0.260 e. The summed E-state index contributed by atoms with van der Waals surface area (Å²) in [5.41, 5.74) is 0.599. The quantitative estimate of drug-likeness (QED) is 0.612. The number of carbonyl (C=O) groups excluding carboxylic acids is 2. The lowest BCUT2D eigenvalue weighted by Crippen LogP contribution is -2.32. The van der Waals surface area contributed by atoms with Crippen molar-refractivity contribution in [3.8, 4) is 0 Å². The Morgan fingerprint density at radius 3 is 2.88 bits per heavy atom. The van der Waals surface area contributed by atoms with Gasteiger partial charge in [-0.3, -0.25) is 14.5 Å². The highest BCUT2D eigenvalue weighted by Gasteiger charge is 2.33. The van der Waals surface area contributed by atoms with Gasteiger partial charge in [0.25, 0.3) is 5.91 Å². The molecule has 1 fully saturated rings. The summed E-state index contributed by atoms with van der Waals surface area (Å²) in [5.74, 6) is 0.124. The molecule has 4 heteroatoms. The predicted octanol–water partition coefficient (Wildman–Crippen LogP) is 2.69. The van der Waals surface area contributed by atoms with Crippen LogP contribution in [-0.2, 0) is 4.79 Å². The molecular weight excluding hydrogens is 329 g/mol. The van der Waals surface area contributed by atoms with Crippen LogP contribution in [0, 0.1) is 9.49 Å². The second-order valence-corrected chi connectivity index (χ2v) is 5.54. The van der Waals surface area contributed by atoms with Crippen LogP contribution in [0.4, 0.5) is 0 Å². The lowest BCUT2D eigenvalue weighted by Gasteiger charge is -2.14. The van der Waals surface area contributed by atoms with E-state index in [1.165, 1.54) is 4.90 Å². The monoisotopic (exact) mass is 343 g/mol. The summed E-state index contributed by atoms with van der Waals surface area (Å²) in [5, 5.41) is 0. The first-order chi connectivity index (χ1) is 8.11. The molecule has 1 aliphatic rings. The van der Waals surface area contributed by atoms with Gasteiger partial charge >= 0.3 is 0 Å². The van der Waals surface area contributed by atoms with Gasteiger partial charge in [0.1, 0.15) is 0 Å². The molecule has 90 valence electrons. The first-order valence-corrected chi connectivity index (χ1v) is 6.80. The topological polar surface area (TPSA) is 37.4 Å². The van der Waals surface area contributed by atoms with Crippen molar-refractivity contribution < 1.29 is 9.59 Å². The standard InChI is InChI=1S/C13H14INO2/c1-2-9-6-12(16)15(8-9)13(17)10-4-3-5-11(14)7-10/h3-5,7,9H,2,6,8H2,1H3. The van der Waals surface area contributed by atoms with Crippen LogP contribution in [0.3, 0.4) is 0 Å². The van der Waals surface area contributed by atoms with Crippen LogP contribution >= 0.6 is 22.6 Å². The number of likely N-dealkylation sites (tertiary alicyclic amines) is 1. The molecule has 0 N–H and O–H groups in total. The average molecular weight is 343 g/mol. The van der Waals surface area contributed by atoms with Gasteiger partial charge in [-0.15, -0.1) is 0 Å². The minimum absolute atomic E-state index is 0.0410. The van der Waals surface area contributed by atoms with E-state index in [1.54, 1.807) is 6.07 Å². The maximum Gasteiger partial charge on any atom is 0.260 e. The Hall–Kier alpha value is -0.910. The normalized spacial score (nSPS) is 19.8. The van der Waals surface area contributed by atoms with Crippen molar-refractivity contribution in [2.24, 2.45) is 5.92 Å². The number of rotatable bonds is 2. The van der Waals surface area contributed by atoms with Crippen molar-refractivity contribution in [3.05, 3.63) is 33.4 Å². The zero-order valence-corrected chi connectivity index (χ0v) is 11.8. The van der Waals surface area contributed by atoms with Crippen LogP contribution in [0.1, 0.15) is 30.1 Å². The van der Waals surface area contributed by atoms with E-state index >= 15 is 0 Å². The van der Waals surface area contributed by atoms with E-state index in [1.807, 2.05) is 18.2 Å². The van der Waals surface area contributed by atoms with Crippen molar-refractivity contribution in [2.75, 3.05) is 6.54 Å². The Balaban J connectivity index is 2.18. The molecule has 1 unspecified atom stereocenters. The average Bonchev–Trinajstić information content (AvgIpc) is 2.69.